The van der Waals surface area contributed by atoms with E-state index in [0.717, 1.165) is 28.5 Å². The zero-order valence-corrected chi connectivity index (χ0v) is 22.5. The fraction of sp³-hybridized carbons (Fsp3) is 0.276. The van der Waals surface area contributed by atoms with Gasteiger partial charge < -0.3 is 5.32 Å². The maximum absolute atomic E-state index is 13.4. The Balaban J connectivity index is 1.52. The molecule has 0 bridgehead atoms. The van der Waals surface area contributed by atoms with E-state index in [1.165, 1.54) is 21.2 Å². The van der Waals surface area contributed by atoms with Crippen LogP contribution in [0.3, 0.4) is 0 Å². The van der Waals surface area contributed by atoms with Crippen molar-refractivity contribution < 1.29 is 13.2 Å². The number of anilines is 1. The van der Waals surface area contributed by atoms with Crippen LogP contribution in [0.25, 0.3) is 10.1 Å². The number of thiophene rings is 1. The van der Waals surface area contributed by atoms with Crippen LogP contribution >= 0.6 is 11.3 Å². The average molecular weight is 521 g/mol. The monoisotopic (exact) mass is 520 g/mol. The molecular formula is C29H32N2O3S2. The lowest BCUT2D eigenvalue weighted by Crippen LogP contribution is -2.32. The first kappa shape index (κ1) is 25.9. The quantitative estimate of drug-likeness (QED) is 0.257. The molecule has 4 aromatic rings. The van der Waals surface area contributed by atoms with Crippen molar-refractivity contribution in [1.82, 2.24) is 5.32 Å². The second kappa shape index (κ2) is 11.3. The molecule has 3 aromatic carbocycles. The number of hydrogen-bond donors (Lipinski definition) is 1. The van der Waals surface area contributed by atoms with Crippen molar-refractivity contribution in [2.24, 2.45) is 0 Å². The summed E-state index contributed by atoms with van der Waals surface area (Å²) < 4.78 is 29.3. The fourth-order valence-electron chi connectivity index (χ4n) is 4.12. The average Bonchev–Trinajstić information content (AvgIpc) is 3.30. The molecule has 4 rings (SSSR count). The molecule has 5 nitrogen and oxygen atoms in total. The molecule has 0 aliphatic heterocycles. The molecule has 0 saturated carbocycles. The smallest absolute Gasteiger partial charge is 0.264 e. The Bertz CT molecular complexity index is 1430. The summed E-state index contributed by atoms with van der Waals surface area (Å²) >= 11 is 1.42. The van der Waals surface area contributed by atoms with Gasteiger partial charge in [0.25, 0.3) is 15.9 Å². The number of aryl methyl sites for hydroxylation is 2. The van der Waals surface area contributed by atoms with E-state index in [-0.39, 0.29) is 16.8 Å². The van der Waals surface area contributed by atoms with Crippen LogP contribution in [0.2, 0.25) is 0 Å². The second-order valence-electron chi connectivity index (χ2n) is 9.12. The standard InChI is InChI=1S/C29H32N2O3S2/c1-4-18-31(36(33,34)26-15-10-21(2)11-16-26)25-14-17-27-24(19-25)20-28(35-27)29(32)30-22(3)12-13-23-8-6-5-7-9-23/h5-11,14-17,19-20,22H,4,12-13,18H2,1-3H3,(H,30,32)/t22-/m1/s1. The molecule has 1 heterocycles. The minimum absolute atomic E-state index is 0.0400. The van der Waals surface area contributed by atoms with Gasteiger partial charge in [0.15, 0.2) is 0 Å². The summed E-state index contributed by atoms with van der Waals surface area (Å²) in [7, 11) is -3.70. The van der Waals surface area contributed by atoms with Gasteiger partial charge >= 0.3 is 0 Å². The molecule has 7 heteroatoms. The highest BCUT2D eigenvalue weighted by Crippen LogP contribution is 2.32. The second-order valence-corrected chi connectivity index (χ2v) is 12.1. The topological polar surface area (TPSA) is 66.5 Å². The number of carbonyl (C=O) groups excluding carboxylic acids is 1. The van der Waals surface area contributed by atoms with Crippen LogP contribution in [0.1, 0.15) is 47.5 Å². The van der Waals surface area contributed by atoms with E-state index in [2.05, 4.69) is 17.4 Å². The van der Waals surface area contributed by atoms with E-state index in [4.69, 9.17) is 0 Å². The van der Waals surface area contributed by atoms with Crippen molar-refractivity contribution in [2.75, 3.05) is 10.8 Å². The highest BCUT2D eigenvalue weighted by atomic mass is 32.2. The van der Waals surface area contributed by atoms with Crippen molar-refractivity contribution in [3.05, 3.63) is 94.9 Å². The van der Waals surface area contributed by atoms with E-state index in [1.807, 2.05) is 75.4 Å². The number of nitrogens with zero attached hydrogens (tertiary/aromatic N) is 1. The van der Waals surface area contributed by atoms with Gasteiger partial charge in [-0.05, 0) is 80.5 Å². The Kier molecular flexibility index (Phi) is 8.11. The molecule has 1 aromatic heterocycles. The first-order valence-electron chi connectivity index (χ1n) is 12.3. The molecule has 36 heavy (non-hydrogen) atoms. The lowest BCUT2D eigenvalue weighted by molar-refractivity contribution is 0.0942. The summed E-state index contributed by atoms with van der Waals surface area (Å²) in [5.41, 5.74) is 2.87. The Morgan fingerprint density at radius 1 is 1.00 bits per heavy atom. The van der Waals surface area contributed by atoms with Gasteiger partial charge in [0.05, 0.1) is 15.5 Å². The van der Waals surface area contributed by atoms with E-state index in [9.17, 15) is 13.2 Å². The molecule has 0 fully saturated rings. The first-order valence-corrected chi connectivity index (χ1v) is 14.5. The molecule has 188 valence electrons. The van der Waals surface area contributed by atoms with Gasteiger partial charge in [-0.15, -0.1) is 11.3 Å². The zero-order valence-electron chi connectivity index (χ0n) is 20.9. The fourth-order valence-corrected chi connectivity index (χ4v) is 6.62. The van der Waals surface area contributed by atoms with E-state index in [0.29, 0.717) is 23.5 Å². The van der Waals surface area contributed by atoms with E-state index < -0.39 is 10.0 Å². The number of rotatable bonds is 10. The van der Waals surface area contributed by atoms with E-state index >= 15 is 0 Å². The highest BCUT2D eigenvalue weighted by Gasteiger charge is 2.25. The summed E-state index contributed by atoms with van der Waals surface area (Å²) in [5.74, 6) is -0.101. The van der Waals surface area contributed by atoms with Gasteiger partial charge in [-0.1, -0.05) is 55.0 Å². The SMILES string of the molecule is CCCN(c1ccc2sc(C(=O)N[C@H](C)CCc3ccccc3)cc2c1)S(=O)(=O)c1ccc(C)cc1. The Morgan fingerprint density at radius 3 is 2.42 bits per heavy atom. The summed E-state index contributed by atoms with van der Waals surface area (Å²) in [5, 5.41) is 3.96. The third-order valence-electron chi connectivity index (χ3n) is 6.13. The lowest BCUT2D eigenvalue weighted by Gasteiger charge is -2.24. The van der Waals surface area contributed by atoms with Crippen LogP contribution in [-0.4, -0.2) is 26.9 Å². The molecule has 0 radical (unpaired) electrons. The minimum atomic E-state index is -3.70. The van der Waals surface area contributed by atoms with Crippen molar-refractivity contribution in [2.45, 2.75) is 51.0 Å². The largest absolute Gasteiger partial charge is 0.349 e. The predicted molar refractivity (Wildman–Crippen MR) is 150 cm³/mol. The van der Waals surface area contributed by atoms with Gasteiger partial charge in [0.2, 0.25) is 0 Å². The molecule has 1 atom stereocenters. The normalized spacial score (nSPS) is 12.4. The minimum Gasteiger partial charge on any atom is -0.349 e. The first-order chi connectivity index (χ1) is 17.3. The number of nitrogens with one attached hydrogen (secondary N) is 1. The molecule has 0 saturated heterocycles. The number of sulfonamides is 1. The molecule has 1 N–H and O–H groups in total. The predicted octanol–water partition coefficient (Wildman–Crippen LogP) is 6.57. The van der Waals surface area contributed by atoms with Gasteiger partial charge in [0, 0.05) is 17.3 Å². The van der Waals surface area contributed by atoms with Crippen LogP contribution in [0, 0.1) is 6.92 Å². The number of benzene rings is 3. The van der Waals surface area contributed by atoms with E-state index in [1.54, 1.807) is 12.1 Å². The van der Waals surface area contributed by atoms with Crippen LogP contribution in [0.5, 0.6) is 0 Å². The van der Waals surface area contributed by atoms with Crippen LogP contribution < -0.4 is 9.62 Å². The van der Waals surface area contributed by atoms with Gasteiger partial charge in [-0.3, -0.25) is 9.10 Å². The number of amides is 1. The molecule has 1 amide bonds. The lowest BCUT2D eigenvalue weighted by atomic mass is 10.1. The number of hydrogen-bond acceptors (Lipinski definition) is 4. The Morgan fingerprint density at radius 2 is 1.72 bits per heavy atom. The summed E-state index contributed by atoms with van der Waals surface area (Å²) in [6, 6.07) is 24.6. The van der Waals surface area contributed by atoms with Crippen molar-refractivity contribution in [3.63, 3.8) is 0 Å². The van der Waals surface area contributed by atoms with Gasteiger partial charge in [0.1, 0.15) is 0 Å². The molecule has 0 aliphatic carbocycles. The van der Waals surface area contributed by atoms with Gasteiger partial charge in [-0.2, -0.15) is 0 Å². The van der Waals surface area contributed by atoms with Crippen molar-refractivity contribution in [1.29, 1.82) is 0 Å². The molecule has 0 spiro atoms. The molecular weight excluding hydrogens is 488 g/mol. The zero-order chi connectivity index (χ0) is 25.7. The maximum Gasteiger partial charge on any atom is 0.264 e. The Labute approximate surface area is 217 Å². The number of carbonyl (C=O) groups is 1. The Hall–Kier alpha value is -3.16. The third-order valence-corrected chi connectivity index (χ3v) is 9.09. The molecule has 0 aliphatic rings. The van der Waals surface area contributed by atoms with Crippen LogP contribution in [-0.2, 0) is 16.4 Å². The summed E-state index contributed by atoms with van der Waals surface area (Å²) in [6.07, 6.45) is 2.44. The van der Waals surface area contributed by atoms with Crippen LogP contribution in [0.4, 0.5) is 5.69 Å². The van der Waals surface area contributed by atoms with Crippen molar-refractivity contribution >= 4 is 43.0 Å². The molecule has 0 unspecified atom stereocenters. The maximum atomic E-state index is 13.4. The van der Waals surface area contributed by atoms with Crippen molar-refractivity contribution in [3.8, 4) is 0 Å². The summed E-state index contributed by atoms with van der Waals surface area (Å²) in [4.78, 5) is 13.8. The van der Waals surface area contributed by atoms with Crippen LogP contribution in [0.15, 0.2) is 83.8 Å². The third kappa shape index (κ3) is 5.97. The van der Waals surface area contributed by atoms with Gasteiger partial charge in [-0.25, -0.2) is 8.42 Å². The highest BCUT2D eigenvalue weighted by molar-refractivity contribution is 7.92. The number of fused-ring (bicyclic) bond motifs is 1. The summed E-state index contributed by atoms with van der Waals surface area (Å²) in [6.45, 7) is 6.29.